The molecule has 7 heteroatoms. The zero-order valence-electron chi connectivity index (χ0n) is 12.2. The predicted molar refractivity (Wildman–Crippen MR) is 81.1 cm³/mol. The standard InChI is InChI=1S/C14H19ClN2O4/c1-9(2)21-7-6-17(3)14(20)16-10-4-5-12(15)11(8-10)13(18)19/h4-5,8-9H,6-7H2,1-3H3,(H,16,20)(H,18,19). The van der Waals surface area contributed by atoms with E-state index in [0.29, 0.717) is 18.8 Å². The highest BCUT2D eigenvalue weighted by molar-refractivity contribution is 6.33. The van der Waals surface area contributed by atoms with Gasteiger partial charge in [0.15, 0.2) is 0 Å². The lowest BCUT2D eigenvalue weighted by Crippen LogP contribution is -2.34. The van der Waals surface area contributed by atoms with Crippen molar-refractivity contribution in [3.8, 4) is 0 Å². The van der Waals surface area contributed by atoms with Crippen molar-refractivity contribution in [1.29, 1.82) is 0 Å². The first-order valence-corrected chi connectivity index (χ1v) is 6.85. The van der Waals surface area contributed by atoms with E-state index in [-0.39, 0.29) is 22.7 Å². The van der Waals surface area contributed by atoms with E-state index < -0.39 is 5.97 Å². The molecule has 0 aliphatic carbocycles. The molecule has 2 N–H and O–H groups in total. The normalized spacial score (nSPS) is 10.5. The van der Waals surface area contributed by atoms with E-state index in [1.165, 1.54) is 17.0 Å². The SMILES string of the molecule is CC(C)OCCN(C)C(=O)Nc1ccc(Cl)c(C(=O)O)c1. The van der Waals surface area contributed by atoms with Crippen LogP contribution in [0.5, 0.6) is 0 Å². The molecule has 0 fully saturated rings. The smallest absolute Gasteiger partial charge is 0.337 e. The van der Waals surface area contributed by atoms with Crippen LogP contribution in [0.3, 0.4) is 0 Å². The highest BCUT2D eigenvalue weighted by Gasteiger charge is 2.13. The van der Waals surface area contributed by atoms with Crippen molar-refractivity contribution in [1.82, 2.24) is 4.90 Å². The van der Waals surface area contributed by atoms with Crippen LogP contribution in [0.4, 0.5) is 10.5 Å². The average Bonchev–Trinajstić information content (AvgIpc) is 2.40. The van der Waals surface area contributed by atoms with Gasteiger partial charge in [-0.1, -0.05) is 11.6 Å². The van der Waals surface area contributed by atoms with Gasteiger partial charge >= 0.3 is 12.0 Å². The first kappa shape index (κ1) is 17.3. The van der Waals surface area contributed by atoms with Gasteiger partial charge in [-0.05, 0) is 32.0 Å². The minimum absolute atomic E-state index is 0.0553. The van der Waals surface area contributed by atoms with Crippen LogP contribution in [-0.2, 0) is 4.74 Å². The van der Waals surface area contributed by atoms with E-state index in [1.54, 1.807) is 13.1 Å². The summed E-state index contributed by atoms with van der Waals surface area (Å²) in [4.78, 5) is 24.4. The number of nitrogens with zero attached hydrogens (tertiary/aromatic N) is 1. The molecule has 116 valence electrons. The molecule has 2 amide bonds. The molecule has 0 aromatic heterocycles. The Morgan fingerprint density at radius 3 is 2.67 bits per heavy atom. The molecular formula is C14H19ClN2O4. The van der Waals surface area contributed by atoms with Gasteiger partial charge in [0.05, 0.1) is 23.3 Å². The average molecular weight is 315 g/mol. The van der Waals surface area contributed by atoms with Crippen molar-refractivity contribution in [2.75, 3.05) is 25.5 Å². The van der Waals surface area contributed by atoms with Gasteiger partial charge in [0.25, 0.3) is 0 Å². The summed E-state index contributed by atoms with van der Waals surface area (Å²) >= 11 is 5.77. The fourth-order valence-electron chi connectivity index (χ4n) is 1.51. The zero-order chi connectivity index (χ0) is 16.0. The molecule has 1 aromatic carbocycles. The van der Waals surface area contributed by atoms with Crippen LogP contribution < -0.4 is 5.32 Å². The van der Waals surface area contributed by atoms with Gasteiger partial charge in [0.2, 0.25) is 0 Å². The van der Waals surface area contributed by atoms with Crippen LogP contribution >= 0.6 is 11.6 Å². The number of carbonyl (C=O) groups excluding carboxylic acids is 1. The first-order chi connectivity index (χ1) is 9.81. The number of halogens is 1. The number of rotatable bonds is 6. The van der Waals surface area contributed by atoms with Crippen LogP contribution in [0.2, 0.25) is 5.02 Å². The molecule has 0 aliphatic heterocycles. The number of carboxylic acids is 1. The predicted octanol–water partition coefficient (Wildman–Crippen LogP) is 2.93. The summed E-state index contributed by atoms with van der Waals surface area (Å²) in [5.41, 5.74) is 0.318. The third-order valence-corrected chi connectivity index (χ3v) is 3.00. The summed E-state index contributed by atoms with van der Waals surface area (Å²) in [7, 11) is 1.63. The Hall–Kier alpha value is -1.79. The summed E-state index contributed by atoms with van der Waals surface area (Å²) in [5, 5.41) is 11.7. The second kappa shape index (κ2) is 7.85. The van der Waals surface area contributed by atoms with Crippen molar-refractivity contribution in [3.05, 3.63) is 28.8 Å². The summed E-state index contributed by atoms with van der Waals surface area (Å²) < 4.78 is 5.36. The molecule has 6 nitrogen and oxygen atoms in total. The fraction of sp³-hybridized carbons (Fsp3) is 0.429. The maximum Gasteiger partial charge on any atom is 0.337 e. The quantitative estimate of drug-likeness (QED) is 0.846. The van der Waals surface area contributed by atoms with E-state index in [2.05, 4.69) is 5.32 Å². The van der Waals surface area contributed by atoms with E-state index in [9.17, 15) is 9.59 Å². The number of nitrogens with one attached hydrogen (secondary N) is 1. The van der Waals surface area contributed by atoms with Crippen LogP contribution in [0, 0.1) is 0 Å². The number of aromatic carboxylic acids is 1. The Morgan fingerprint density at radius 1 is 1.43 bits per heavy atom. The molecule has 1 rings (SSSR count). The molecule has 0 atom stereocenters. The number of hydrogen-bond donors (Lipinski definition) is 2. The molecule has 1 aromatic rings. The van der Waals surface area contributed by atoms with Crippen LogP contribution in [0.15, 0.2) is 18.2 Å². The number of carbonyl (C=O) groups is 2. The number of benzene rings is 1. The Balaban J connectivity index is 2.62. The molecule has 0 heterocycles. The molecular weight excluding hydrogens is 296 g/mol. The molecule has 0 unspecified atom stereocenters. The lowest BCUT2D eigenvalue weighted by molar-refractivity contribution is 0.0690. The number of amides is 2. The van der Waals surface area contributed by atoms with Crippen molar-refractivity contribution in [3.63, 3.8) is 0 Å². The van der Waals surface area contributed by atoms with Crippen molar-refractivity contribution in [2.24, 2.45) is 0 Å². The zero-order valence-corrected chi connectivity index (χ0v) is 13.0. The number of likely N-dealkylation sites (N-methyl/N-ethyl adjacent to an activating group) is 1. The van der Waals surface area contributed by atoms with Crippen LogP contribution in [0.25, 0.3) is 0 Å². The van der Waals surface area contributed by atoms with Crippen LogP contribution in [0.1, 0.15) is 24.2 Å². The topological polar surface area (TPSA) is 78.9 Å². The molecule has 0 aliphatic rings. The lowest BCUT2D eigenvalue weighted by Gasteiger charge is -2.19. The van der Waals surface area contributed by atoms with Gasteiger partial charge in [-0.2, -0.15) is 0 Å². The van der Waals surface area contributed by atoms with E-state index in [4.69, 9.17) is 21.4 Å². The molecule has 21 heavy (non-hydrogen) atoms. The monoisotopic (exact) mass is 314 g/mol. The highest BCUT2D eigenvalue weighted by atomic mass is 35.5. The highest BCUT2D eigenvalue weighted by Crippen LogP contribution is 2.20. The van der Waals surface area contributed by atoms with E-state index in [0.717, 1.165) is 0 Å². The third-order valence-electron chi connectivity index (χ3n) is 2.67. The third kappa shape index (κ3) is 5.61. The fourth-order valence-corrected chi connectivity index (χ4v) is 1.71. The maximum atomic E-state index is 11.9. The number of urea groups is 1. The van der Waals surface area contributed by atoms with Gasteiger partial charge in [-0.3, -0.25) is 0 Å². The Kier molecular flexibility index (Phi) is 6.45. The minimum atomic E-state index is -1.14. The summed E-state index contributed by atoms with van der Waals surface area (Å²) in [6, 6.07) is 3.95. The maximum absolute atomic E-state index is 11.9. The summed E-state index contributed by atoms with van der Waals surface area (Å²) in [6.45, 7) is 4.70. The second-order valence-corrected chi connectivity index (χ2v) is 5.18. The van der Waals surface area contributed by atoms with E-state index >= 15 is 0 Å². The van der Waals surface area contributed by atoms with Crippen molar-refractivity contribution in [2.45, 2.75) is 20.0 Å². The van der Waals surface area contributed by atoms with Gasteiger partial charge < -0.3 is 20.1 Å². The Morgan fingerprint density at radius 2 is 2.10 bits per heavy atom. The van der Waals surface area contributed by atoms with Crippen molar-refractivity contribution < 1.29 is 19.4 Å². The van der Waals surface area contributed by atoms with Gasteiger partial charge in [-0.15, -0.1) is 0 Å². The van der Waals surface area contributed by atoms with Gasteiger partial charge in [0.1, 0.15) is 0 Å². The second-order valence-electron chi connectivity index (χ2n) is 4.77. The number of ether oxygens (including phenoxy) is 1. The summed E-state index contributed by atoms with van der Waals surface area (Å²) in [6.07, 6.45) is 0.107. The molecule has 0 saturated heterocycles. The Labute approximate surface area is 128 Å². The number of carboxylic acid groups (broad SMARTS) is 1. The van der Waals surface area contributed by atoms with Gasteiger partial charge in [0, 0.05) is 19.3 Å². The number of hydrogen-bond acceptors (Lipinski definition) is 3. The minimum Gasteiger partial charge on any atom is -0.478 e. The number of anilines is 1. The van der Waals surface area contributed by atoms with E-state index in [1.807, 2.05) is 13.8 Å². The molecule has 0 saturated carbocycles. The summed E-state index contributed by atoms with van der Waals surface area (Å²) in [5.74, 6) is -1.14. The molecule has 0 bridgehead atoms. The largest absolute Gasteiger partial charge is 0.478 e. The molecule has 0 radical (unpaired) electrons. The first-order valence-electron chi connectivity index (χ1n) is 6.47. The molecule has 0 spiro atoms. The van der Waals surface area contributed by atoms with Crippen molar-refractivity contribution >= 4 is 29.3 Å². The van der Waals surface area contributed by atoms with Crippen LogP contribution in [-0.4, -0.2) is 48.3 Å². The van der Waals surface area contributed by atoms with Gasteiger partial charge in [-0.25, -0.2) is 9.59 Å². The Bertz CT molecular complexity index is 520. The lowest BCUT2D eigenvalue weighted by atomic mass is 10.2.